The second-order valence-corrected chi connectivity index (χ2v) is 5.66. The average Bonchev–Trinajstić information content (AvgIpc) is 2.87. The number of likely N-dealkylation sites (tertiary alicyclic amines) is 1. The van der Waals surface area contributed by atoms with E-state index < -0.39 is 0 Å². The highest BCUT2D eigenvalue weighted by Gasteiger charge is 2.31. The molecule has 0 aromatic carbocycles. The van der Waals surface area contributed by atoms with Crippen LogP contribution in [-0.4, -0.2) is 30.6 Å². The van der Waals surface area contributed by atoms with Crippen molar-refractivity contribution in [2.24, 2.45) is 0 Å². The van der Waals surface area contributed by atoms with Crippen molar-refractivity contribution in [3.8, 4) is 0 Å². The predicted octanol–water partition coefficient (Wildman–Crippen LogP) is 2.54. The first-order valence-corrected chi connectivity index (χ1v) is 6.46. The fraction of sp³-hybridized carbons (Fsp3) is 0.545. The highest BCUT2D eigenvalue weighted by Crippen LogP contribution is 2.26. The molecule has 0 N–H and O–H groups in total. The van der Waals surface area contributed by atoms with Crippen LogP contribution in [0.15, 0.2) is 12.1 Å². The summed E-state index contributed by atoms with van der Waals surface area (Å²) in [5.74, 6) is -0.125. The van der Waals surface area contributed by atoms with Crippen LogP contribution in [0.5, 0.6) is 0 Å². The van der Waals surface area contributed by atoms with E-state index >= 15 is 0 Å². The zero-order valence-electron chi connectivity index (χ0n) is 9.11. The third kappa shape index (κ3) is 2.56. The number of halogens is 1. The highest BCUT2D eigenvalue weighted by atomic mass is 35.5. The molecule has 2 rings (SSSR count). The summed E-state index contributed by atoms with van der Waals surface area (Å²) in [6.45, 7) is 1.74. The van der Waals surface area contributed by atoms with Gasteiger partial charge in [-0.05, 0) is 31.5 Å². The van der Waals surface area contributed by atoms with E-state index in [2.05, 4.69) is 4.90 Å². The monoisotopic (exact) mass is 259 g/mol. The Labute approximate surface area is 104 Å². The first-order valence-electron chi connectivity index (χ1n) is 5.27. The number of nitrogens with zero attached hydrogens (tertiary/aromatic N) is 1. The molecule has 2 heterocycles. The molecule has 1 aromatic rings. The third-order valence-electron chi connectivity index (χ3n) is 2.82. The van der Waals surface area contributed by atoms with Gasteiger partial charge < -0.3 is 4.74 Å². The molecule has 1 atom stereocenters. The molecule has 1 unspecified atom stereocenters. The minimum Gasteiger partial charge on any atom is -0.468 e. The first-order chi connectivity index (χ1) is 7.70. The van der Waals surface area contributed by atoms with Gasteiger partial charge in [-0.2, -0.15) is 0 Å². The Kier molecular flexibility index (Phi) is 3.84. The van der Waals surface area contributed by atoms with E-state index in [0.29, 0.717) is 0 Å². The Hall–Kier alpha value is -0.580. The number of thiophene rings is 1. The van der Waals surface area contributed by atoms with Crippen molar-refractivity contribution >= 4 is 28.9 Å². The number of carbonyl (C=O) groups is 1. The maximum atomic E-state index is 11.5. The van der Waals surface area contributed by atoms with Crippen molar-refractivity contribution in [1.82, 2.24) is 4.90 Å². The van der Waals surface area contributed by atoms with E-state index in [1.165, 1.54) is 12.0 Å². The summed E-state index contributed by atoms with van der Waals surface area (Å²) in [6, 6.07) is 3.83. The van der Waals surface area contributed by atoms with Gasteiger partial charge >= 0.3 is 5.97 Å². The number of hydrogen-bond donors (Lipinski definition) is 0. The zero-order valence-corrected chi connectivity index (χ0v) is 10.7. The minimum absolute atomic E-state index is 0.0779. The lowest BCUT2D eigenvalue weighted by atomic mass is 10.2. The molecule has 3 nitrogen and oxygen atoms in total. The van der Waals surface area contributed by atoms with Gasteiger partial charge in [-0.25, -0.2) is 0 Å². The molecule has 1 aromatic heterocycles. The quantitative estimate of drug-likeness (QED) is 0.782. The molecule has 88 valence electrons. The third-order valence-corrected chi connectivity index (χ3v) is 4.04. The summed E-state index contributed by atoms with van der Waals surface area (Å²) in [4.78, 5) is 14.9. The number of carbonyl (C=O) groups excluding carboxylic acids is 1. The topological polar surface area (TPSA) is 29.5 Å². The molecule has 0 saturated carbocycles. The van der Waals surface area contributed by atoms with Crippen LogP contribution in [0.25, 0.3) is 0 Å². The molecular weight excluding hydrogens is 246 g/mol. The molecule has 0 spiro atoms. The fourth-order valence-electron chi connectivity index (χ4n) is 2.06. The first kappa shape index (κ1) is 11.9. The fourth-order valence-corrected chi connectivity index (χ4v) is 3.17. The molecule has 0 bridgehead atoms. The van der Waals surface area contributed by atoms with E-state index in [0.717, 1.165) is 30.3 Å². The maximum absolute atomic E-state index is 11.5. The number of rotatable bonds is 3. The smallest absolute Gasteiger partial charge is 0.323 e. The molecule has 5 heteroatoms. The van der Waals surface area contributed by atoms with E-state index in [4.69, 9.17) is 16.3 Å². The van der Waals surface area contributed by atoms with Crippen LogP contribution in [0.1, 0.15) is 17.7 Å². The Morgan fingerprint density at radius 3 is 3.12 bits per heavy atom. The number of esters is 1. The molecule has 1 aliphatic heterocycles. The standard InChI is InChI=1S/C11H14ClNO2S/c1-15-11(14)9-3-2-6-13(9)7-8-4-5-10(12)16-8/h4-5,9H,2-3,6-7H2,1H3. The van der Waals surface area contributed by atoms with Crippen LogP contribution < -0.4 is 0 Å². The van der Waals surface area contributed by atoms with E-state index in [1.807, 2.05) is 12.1 Å². The van der Waals surface area contributed by atoms with Crippen molar-refractivity contribution in [1.29, 1.82) is 0 Å². The lowest BCUT2D eigenvalue weighted by Crippen LogP contribution is -2.36. The molecule has 16 heavy (non-hydrogen) atoms. The predicted molar refractivity (Wildman–Crippen MR) is 64.8 cm³/mol. The second kappa shape index (κ2) is 5.17. The van der Waals surface area contributed by atoms with Crippen LogP contribution in [0.2, 0.25) is 4.34 Å². The van der Waals surface area contributed by atoms with Gasteiger partial charge in [-0.15, -0.1) is 11.3 Å². The molecule has 0 amide bonds. The second-order valence-electron chi connectivity index (χ2n) is 3.86. The summed E-state index contributed by atoms with van der Waals surface area (Å²) in [5, 5.41) is 0. The minimum atomic E-state index is -0.125. The van der Waals surface area contributed by atoms with E-state index in [9.17, 15) is 4.79 Å². The van der Waals surface area contributed by atoms with Gasteiger partial charge in [0.25, 0.3) is 0 Å². The Morgan fingerprint density at radius 1 is 1.69 bits per heavy atom. The average molecular weight is 260 g/mol. The zero-order chi connectivity index (χ0) is 11.5. The number of hydrogen-bond acceptors (Lipinski definition) is 4. The highest BCUT2D eigenvalue weighted by molar-refractivity contribution is 7.16. The molecule has 0 radical (unpaired) electrons. The summed E-state index contributed by atoms with van der Waals surface area (Å²) in [7, 11) is 1.45. The van der Waals surface area contributed by atoms with Crippen molar-refractivity contribution in [3.63, 3.8) is 0 Å². The van der Waals surface area contributed by atoms with Crippen molar-refractivity contribution in [2.45, 2.75) is 25.4 Å². The van der Waals surface area contributed by atoms with Crippen molar-refractivity contribution in [3.05, 3.63) is 21.3 Å². The van der Waals surface area contributed by atoms with Gasteiger partial charge in [0.05, 0.1) is 11.4 Å². The van der Waals surface area contributed by atoms with Crippen LogP contribution in [0, 0.1) is 0 Å². The Morgan fingerprint density at radius 2 is 2.50 bits per heavy atom. The molecule has 1 saturated heterocycles. The van der Waals surface area contributed by atoms with Gasteiger partial charge in [-0.3, -0.25) is 9.69 Å². The normalized spacial score (nSPS) is 21.2. The van der Waals surface area contributed by atoms with Crippen LogP contribution in [-0.2, 0) is 16.1 Å². The lowest BCUT2D eigenvalue weighted by Gasteiger charge is -2.21. The molecule has 1 aliphatic rings. The van der Waals surface area contributed by atoms with Gasteiger partial charge in [0.2, 0.25) is 0 Å². The Bertz CT molecular complexity index is 380. The van der Waals surface area contributed by atoms with E-state index in [-0.39, 0.29) is 12.0 Å². The maximum Gasteiger partial charge on any atom is 0.323 e. The SMILES string of the molecule is COC(=O)C1CCCN1Cc1ccc(Cl)s1. The van der Waals surface area contributed by atoms with Gasteiger partial charge in [0.1, 0.15) is 6.04 Å². The molecule has 0 aliphatic carbocycles. The van der Waals surface area contributed by atoms with E-state index in [1.54, 1.807) is 11.3 Å². The molecular formula is C11H14ClNO2S. The van der Waals surface area contributed by atoms with Gasteiger partial charge in [0, 0.05) is 11.4 Å². The lowest BCUT2D eigenvalue weighted by molar-refractivity contribution is -0.146. The Balaban J connectivity index is 2.01. The van der Waals surface area contributed by atoms with Crippen LogP contribution >= 0.6 is 22.9 Å². The number of methoxy groups -OCH3 is 1. The van der Waals surface area contributed by atoms with Crippen molar-refractivity contribution < 1.29 is 9.53 Å². The number of ether oxygens (including phenoxy) is 1. The largest absolute Gasteiger partial charge is 0.468 e. The summed E-state index contributed by atoms with van der Waals surface area (Å²) in [5.41, 5.74) is 0. The summed E-state index contributed by atoms with van der Waals surface area (Å²) >= 11 is 7.45. The summed E-state index contributed by atoms with van der Waals surface area (Å²) in [6.07, 6.45) is 1.95. The van der Waals surface area contributed by atoms with Gasteiger partial charge in [-0.1, -0.05) is 11.6 Å². The van der Waals surface area contributed by atoms with Crippen LogP contribution in [0.4, 0.5) is 0 Å². The summed E-state index contributed by atoms with van der Waals surface area (Å²) < 4.78 is 5.60. The van der Waals surface area contributed by atoms with Crippen molar-refractivity contribution in [2.75, 3.05) is 13.7 Å². The molecule has 1 fully saturated rings. The van der Waals surface area contributed by atoms with Crippen LogP contribution in [0.3, 0.4) is 0 Å². The van der Waals surface area contributed by atoms with Gasteiger partial charge in [0.15, 0.2) is 0 Å².